The van der Waals surface area contributed by atoms with Crippen molar-refractivity contribution in [3.63, 3.8) is 0 Å². The van der Waals surface area contributed by atoms with E-state index in [9.17, 15) is 15.4 Å². The maximum Gasteiger partial charge on any atom is 0.269 e. The summed E-state index contributed by atoms with van der Waals surface area (Å²) in [5.74, 6) is 0. The first-order valence-electron chi connectivity index (χ1n) is 6.64. The quantitative estimate of drug-likeness (QED) is 0.337. The van der Waals surface area contributed by atoms with E-state index in [1.807, 2.05) is 24.3 Å². The molecular weight excluding hydrogens is 312 g/mol. The number of aromatic nitrogens is 2. The fraction of sp³-hybridized carbons (Fsp3) is 0. The number of benzene rings is 2. The molecule has 7 heteroatoms. The highest BCUT2D eigenvalue weighted by Crippen LogP contribution is 2.27. The molecule has 6 nitrogen and oxygen atoms in total. The van der Waals surface area contributed by atoms with Crippen LogP contribution in [-0.2, 0) is 0 Å². The number of nitro benzene ring substituents is 1. The van der Waals surface area contributed by atoms with Gasteiger partial charge in [-0.15, -0.1) is 0 Å². The van der Waals surface area contributed by atoms with Crippen LogP contribution in [0.5, 0.6) is 0 Å². The first kappa shape index (κ1) is 14.8. The number of rotatable bonds is 4. The summed E-state index contributed by atoms with van der Waals surface area (Å²) in [6.07, 6.45) is 1.67. The van der Waals surface area contributed by atoms with E-state index in [-0.39, 0.29) is 5.69 Å². The lowest BCUT2D eigenvalue weighted by Crippen LogP contribution is -1.87. The number of para-hydroxylation sites is 2. The van der Waals surface area contributed by atoms with Gasteiger partial charge in [0, 0.05) is 12.1 Å². The number of nitrogens with zero attached hydrogens (tertiary/aromatic N) is 3. The van der Waals surface area contributed by atoms with E-state index in [0.29, 0.717) is 10.1 Å². The standard InChI is InChI=1S/C16H10N4O2S/c17-10-13(9-11-5-7-12(8-6-11)20(21)22)23-16-18-14-3-1-2-4-15(14)19-16/h1-9H,(H,18,19)/b13-9+. The van der Waals surface area contributed by atoms with E-state index in [0.717, 1.165) is 16.6 Å². The largest absolute Gasteiger partial charge is 0.333 e. The second-order valence-corrected chi connectivity index (χ2v) is 5.66. The number of nitriles is 1. The molecular formula is C16H10N4O2S. The van der Waals surface area contributed by atoms with Crippen molar-refractivity contribution >= 4 is 34.6 Å². The summed E-state index contributed by atoms with van der Waals surface area (Å²) in [6, 6.07) is 15.8. The van der Waals surface area contributed by atoms with Gasteiger partial charge in [0.2, 0.25) is 0 Å². The highest BCUT2D eigenvalue weighted by Gasteiger charge is 2.07. The zero-order chi connectivity index (χ0) is 16.2. The third-order valence-electron chi connectivity index (χ3n) is 3.09. The normalized spacial score (nSPS) is 11.3. The molecule has 0 saturated heterocycles. The van der Waals surface area contributed by atoms with Crippen LogP contribution >= 0.6 is 11.8 Å². The van der Waals surface area contributed by atoms with E-state index in [4.69, 9.17) is 0 Å². The number of hydrogen-bond donors (Lipinski definition) is 1. The topological polar surface area (TPSA) is 95.6 Å². The van der Waals surface area contributed by atoms with E-state index in [1.165, 1.54) is 23.9 Å². The van der Waals surface area contributed by atoms with Gasteiger partial charge in [0.05, 0.1) is 20.9 Å². The number of non-ortho nitro benzene ring substituents is 1. The van der Waals surface area contributed by atoms with E-state index >= 15 is 0 Å². The minimum atomic E-state index is -0.456. The molecule has 0 amide bonds. The predicted octanol–water partition coefficient (Wildman–Crippen LogP) is 4.13. The van der Waals surface area contributed by atoms with Crippen molar-refractivity contribution in [2.45, 2.75) is 5.16 Å². The van der Waals surface area contributed by atoms with Crippen LogP contribution in [0, 0.1) is 21.4 Å². The number of allylic oxidation sites excluding steroid dienone is 1. The van der Waals surface area contributed by atoms with Crippen LogP contribution in [0.3, 0.4) is 0 Å². The zero-order valence-electron chi connectivity index (χ0n) is 11.8. The first-order chi connectivity index (χ1) is 11.2. The summed E-state index contributed by atoms with van der Waals surface area (Å²) in [6.45, 7) is 0. The molecule has 0 radical (unpaired) electrons. The Bertz CT molecular complexity index is 906. The number of aromatic amines is 1. The van der Waals surface area contributed by atoms with Crippen LogP contribution in [0.4, 0.5) is 5.69 Å². The zero-order valence-corrected chi connectivity index (χ0v) is 12.6. The summed E-state index contributed by atoms with van der Waals surface area (Å²) in [5.41, 5.74) is 2.48. The first-order valence-corrected chi connectivity index (χ1v) is 7.46. The molecule has 3 aromatic rings. The minimum absolute atomic E-state index is 0.0191. The average Bonchev–Trinajstić information content (AvgIpc) is 2.97. The van der Waals surface area contributed by atoms with Gasteiger partial charge in [0.1, 0.15) is 6.07 Å². The Morgan fingerprint density at radius 2 is 2.00 bits per heavy atom. The lowest BCUT2D eigenvalue weighted by molar-refractivity contribution is -0.384. The molecule has 1 heterocycles. The molecule has 0 bridgehead atoms. The lowest BCUT2D eigenvalue weighted by Gasteiger charge is -1.97. The van der Waals surface area contributed by atoms with Crippen LogP contribution in [-0.4, -0.2) is 14.9 Å². The van der Waals surface area contributed by atoms with E-state index in [1.54, 1.807) is 18.2 Å². The average molecular weight is 322 g/mol. The van der Waals surface area contributed by atoms with Crippen molar-refractivity contribution in [3.8, 4) is 6.07 Å². The molecule has 0 aliphatic carbocycles. The third kappa shape index (κ3) is 3.39. The summed E-state index contributed by atoms with van der Waals surface area (Å²) < 4.78 is 0. The monoisotopic (exact) mass is 322 g/mol. The summed E-state index contributed by atoms with van der Waals surface area (Å²) in [4.78, 5) is 18.2. The molecule has 2 aromatic carbocycles. The predicted molar refractivity (Wildman–Crippen MR) is 88.6 cm³/mol. The maximum absolute atomic E-state index is 10.6. The van der Waals surface area contributed by atoms with Crippen LogP contribution in [0.2, 0.25) is 0 Å². The molecule has 1 aromatic heterocycles. The molecule has 3 rings (SSSR count). The van der Waals surface area contributed by atoms with Crippen LogP contribution in [0.1, 0.15) is 5.56 Å². The third-order valence-corrected chi connectivity index (χ3v) is 3.90. The fourth-order valence-corrected chi connectivity index (χ4v) is 2.76. The molecule has 0 atom stereocenters. The van der Waals surface area contributed by atoms with Gasteiger partial charge in [-0.25, -0.2) is 4.98 Å². The number of nitro groups is 1. The number of fused-ring (bicyclic) bond motifs is 1. The van der Waals surface area contributed by atoms with Gasteiger partial charge >= 0.3 is 0 Å². The van der Waals surface area contributed by atoms with Gasteiger partial charge in [0.25, 0.3) is 5.69 Å². The molecule has 0 aliphatic heterocycles. The summed E-state index contributed by atoms with van der Waals surface area (Å²) in [7, 11) is 0. The van der Waals surface area contributed by atoms with Crippen LogP contribution in [0.25, 0.3) is 17.1 Å². The molecule has 1 N–H and O–H groups in total. The Hall–Kier alpha value is -3.11. The Labute approximate surface area is 135 Å². The molecule has 0 aliphatic rings. The van der Waals surface area contributed by atoms with Crippen molar-refractivity contribution < 1.29 is 4.92 Å². The van der Waals surface area contributed by atoms with Crippen molar-refractivity contribution in [1.29, 1.82) is 5.26 Å². The maximum atomic E-state index is 10.6. The molecule has 0 spiro atoms. The molecule has 112 valence electrons. The molecule has 0 saturated carbocycles. The number of imidazole rings is 1. The van der Waals surface area contributed by atoms with Gasteiger partial charge in [-0.2, -0.15) is 5.26 Å². The Morgan fingerprint density at radius 3 is 2.65 bits per heavy atom. The van der Waals surface area contributed by atoms with Crippen LogP contribution < -0.4 is 0 Å². The van der Waals surface area contributed by atoms with Crippen LogP contribution in [0.15, 0.2) is 58.6 Å². The number of hydrogen-bond acceptors (Lipinski definition) is 5. The SMILES string of the molecule is N#C/C(=C\c1ccc([N+](=O)[O-])cc1)Sc1nc2ccccc2[nH]1. The van der Waals surface area contributed by atoms with E-state index < -0.39 is 4.92 Å². The van der Waals surface area contributed by atoms with Gasteiger partial charge in [-0.1, -0.05) is 12.1 Å². The number of thioether (sulfide) groups is 1. The van der Waals surface area contributed by atoms with Crippen molar-refractivity contribution in [2.24, 2.45) is 0 Å². The second kappa shape index (κ2) is 6.34. The Morgan fingerprint density at radius 1 is 1.26 bits per heavy atom. The van der Waals surface area contributed by atoms with Crippen molar-refractivity contribution in [3.05, 3.63) is 69.1 Å². The Kier molecular flexibility index (Phi) is 4.08. The highest BCUT2D eigenvalue weighted by molar-refractivity contribution is 8.03. The lowest BCUT2D eigenvalue weighted by atomic mass is 10.2. The van der Waals surface area contributed by atoms with Gasteiger partial charge in [-0.05, 0) is 47.7 Å². The fourth-order valence-electron chi connectivity index (χ4n) is 2.01. The summed E-state index contributed by atoms with van der Waals surface area (Å²) >= 11 is 1.22. The smallest absolute Gasteiger partial charge is 0.269 e. The summed E-state index contributed by atoms with van der Waals surface area (Å²) in [5, 5.41) is 20.5. The van der Waals surface area contributed by atoms with Gasteiger partial charge < -0.3 is 4.98 Å². The molecule has 23 heavy (non-hydrogen) atoms. The van der Waals surface area contributed by atoms with Crippen molar-refractivity contribution in [2.75, 3.05) is 0 Å². The Balaban J connectivity index is 1.84. The second-order valence-electron chi connectivity index (χ2n) is 4.63. The van der Waals surface area contributed by atoms with Gasteiger partial charge in [0.15, 0.2) is 5.16 Å². The van der Waals surface area contributed by atoms with Gasteiger partial charge in [-0.3, -0.25) is 10.1 Å². The van der Waals surface area contributed by atoms with Crippen molar-refractivity contribution in [1.82, 2.24) is 9.97 Å². The molecule has 0 fully saturated rings. The molecule has 0 unspecified atom stereocenters. The van der Waals surface area contributed by atoms with E-state index in [2.05, 4.69) is 16.0 Å². The number of nitrogens with one attached hydrogen (secondary N) is 1. The number of H-pyrrole nitrogens is 1. The minimum Gasteiger partial charge on any atom is -0.333 e. The highest BCUT2D eigenvalue weighted by atomic mass is 32.2.